The minimum Gasteiger partial charge on any atom is -0.489 e. The Balaban J connectivity index is 1.47. The Morgan fingerprint density at radius 3 is 2.78 bits per heavy atom. The van der Waals surface area contributed by atoms with Crippen molar-refractivity contribution < 1.29 is 32.5 Å². The first kappa shape index (κ1) is 26.1. The van der Waals surface area contributed by atoms with Crippen molar-refractivity contribution in [1.82, 2.24) is 29.9 Å². The number of aryl methyl sites for hydroxylation is 2. The zero-order valence-corrected chi connectivity index (χ0v) is 20.2. The second kappa shape index (κ2) is 11.0. The molecule has 2 atom stereocenters. The van der Waals surface area contributed by atoms with Crippen molar-refractivity contribution in [2.75, 3.05) is 11.9 Å². The van der Waals surface area contributed by atoms with E-state index in [1.165, 1.54) is 16.9 Å². The van der Waals surface area contributed by atoms with Crippen molar-refractivity contribution in [3.63, 3.8) is 0 Å². The number of rotatable bonds is 9. The van der Waals surface area contributed by atoms with Crippen molar-refractivity contribution in [2.45, 2.75) is 51.3 Å². The van der Waals surface area contributed by atoms with Gasteiger partial charge in [-0.1, -0.05) is 5.21 Å². The third kappa shape index (κ3) is 6.83. The summed E-state index contributed by atoms with van der Waals surface area (Å²) in [6, 6.07) is 4.83. The van der Waals surface area contributed by atoms with Crippen LogP contribution in [0.2, 0.25) is 0 Å². The molecule has 3 aromatic rings. The number of carbonyl (C=O) groups is 1. The van der Waals surface area contributed by atoms with Crippen LogP contribution in [0.25, 0.3) is 11.4 Å². The molecule has 14 heteroatoms. The predicted molar refractivity (Wildman–Crippen MR) is 124 cm³/mol. The number of anilines is 2. The number of aliphatic carboxylic acids is 1. The maximum Gasteiger partial charge on any atom is 0.392 e. The Hall–Kier alpha value is -3.97. The summed E-state index contributed by atoms with van der Waals surface area (Å²) in [7, 11) is 1.65. The highest BCUT2D eigenvalue weighted by molar-refractivity contribution is 5.72. The normalized spacial score (nSPS) is 17.9. The van der Waals surface area contributed by atoms with E-state index >= 15 is 0 Å². The van der Waals surface area contributed by atoms with E-state index in [2.05, 4.69) is 30.6 Å². The number of hydrogen-bond acceptors (Lipinski definition) is 9. The molecule has 1 aliphatic rings. The lowest BCUT2D eigenvalue weighted by Gasteiger charge is -2.27. The van der Waals surface area contributed by atoms with E-state index in [4.69, 9.17) is 9.47 Å². The summed E-state index contributed by atoms with van der Waals surface area (Å²) in [6.07, 6.45) is -1.59. The molecule has 0 amide bonds. The molecule has 0 aromatic carbocycles. The lowest BCUT2D eigenvalue weighted by molar-refractivity contribution is -0.144. The molecule has 0 saturated heterocycles. The van der Waals surface area contributed by atoms with Crippen LogP contribution in [0, 0.1) is 12.8 Å². The molecular weight excluding hydrogens is 495 g/mol. The number of pyridine rings is 1. The Morgan fingerprint density at radius 2 is 2.05 bits per heavy atom. The average molecular weight is 522 g/mol. The van der Waals surface area contributed by atoms with Crippen LogP contribution in [0.4, 0.5) is 24.9 Å². The molecule has 3 aromatic heterocycles. The zero-order chi connectivity index (χ0) is 26.6. The summed E-state index contributed by atoms with van der Waals surface area (Å²) in [6.45, 7) is 1.22. The number of carboxylic acid groups (broad SMARTS) is 1. The van der Waals surface area contributed by atoms with Crippen LogP contribution in [0.5, 0.6) is 11.6 Å². The van der Waals surface area contributed by atoms with Gasteiger partial charge in [0, 0.05) is 19.3 Å². The van der Waals surface area contributed by atoms with E-state index in [9.17, 15) is 23.1 Å². The van der Waals surface area contributed by atoms with Gasteiger partial charge in [-0.3, -0.25) is 4.79 Å². The average Bonchev–Trinajstić information content (AvgIpc) is 3.20. The molecule has 0 radical (unpaired) electrons. The molecule has 1 aliphatic carbocycles. The second-order valence-corrected chi connectivity index (χ2v) is 8.69. The molecule has 3 heterocycles. The molecule has 0 aliphatic heterocycles. The third-order valence-corrected chi connectivity index (χ3v) is 5.87. The summed E-state index contributed by atoms with van der Waals surface area (Å²) >= 11 is 0. The van der Waals surface area contributed by atoms with Gasteiger partial charge in [-0.15, -0.1) is 5.10 Å². The van der Waals surface area contributed by atoms with Crippen molar-refractivity contribution in [3.05, 3.63) is 30.1 Å². The van der Waals surface area contributed by atoms with Crippen LogP contribution in [0.15, 0.2) is 24.4 Å². The van der Waals surface area contributed by atoms with E-state index in [0.29, 0.717) is 41.5 Å². The van der Waals surface area contributed by atoms with Gasteiger partial charge < -0.3 is 19.9 Å². The van der Waals surface area contributed by atoms with Crippen LogP contribution < -0.4 is 14.8 Å². The maximum atomic E-state index is 12.4. The smallest absolute Gasteiger partial charge is 0.392 e. The highest BCUT2D eigenvalue weighted by Crippen LogP contribution is 2.32. The Bertz CT molecular complexity index is 1250. The highest BCUT2D eigenvalue weighted by atomic mass is 19.4. The summed E-state index contributed by atoms with van der Waals surface area (Å²) in [5.74, 6) is -0.173. The Kier molecular flexibility index (Phi) is 7.74. The number of ether oxygens (including phenoxy) is 2. The van der Waals surface area contributed by atoms with Gasteiger partial charge in [0.1, 0.15) is 5.75 Å². The maximum absolute atomic E-state index is 12.4. The number of aromatic nitrogens is 6. The van der Waals surface area contributed by atoms with Crippen LogP contribution in [0.1, 0.15) is 37.8 Å². The molecular formula is C23H26F3N7O4. The molecule has 0 unspecified atom stereocenters. The van der Waals surface area contributed by atoms with E-state index in [1.54, 1.807) is 26.1 Å². The first-order valence-corrected chi connectivity index (χ1v) is 11.7. The van der Waals surface area contributed by atoms with Crippen molar-refractivity contribution in [3.8, 4) is 23.0 Å². The monoisotopic (exact) mass is 521 g/mol. The number of alkyl halides is 3. The van der Waals surface area contributed by atoms with Crippen molar-refractivity contribution in [1.29, 1.82) is 0 Å². The number of carboxylic acids is 1. The fourth-order valence-electron chi connectivity index (χ4n) is 3.99. The largest absolute Gasteiger partial charge is 0.489 e. The standard InChI is InChI=1S/C23H26F3N7O4/c1-13-17(37-15-5-3-4-14(12-15)21(34)35)7-6-16(28-13)19-20(33(2)32-31-19)30-22-27-10-8-18(29-22)36-11-9-23(24,25)26/h6-8,10,14-15H,3-5,9,11-12H2,1-2H3,(H,34,35)(H,27,29,30)/t14-,15-/m0/s1. The van der Waals surface area contributed by atoms with Gasteiger partial charge >= 0.3 is 12.1 Å². The molecule has 198 valence electrons. The summed E-state index contributed by atoms with van der Waals surface area (Å²) in [4.78, 5) is 24.1. The van der Waals surface area contributed by atoms with Gasteiger partial charge in [-0.2, -0.15) is 18.2 Å². The fraction of sp³-hybridized carbons (Fsp3) is 0.478. The Morgan fingerprint density at radius 1 is 1.24 bits per heavy atom. The lowest BCUT2D eigenvalue weighted by atomic mass is 9.87. The van der Waals surface area contributed by atoms with Gasteiger partial charge in [-0.25, -0.2) is 14.6 Å². The molecule has 1 saturated carbocycles. The topological polar surface area (TPSA) is 137 Å². The lowest BCUT2D eigenvalue weighted by Crippen LogP contribution is -2.29. The molecule has 37 heavy (non-hydrogen) atoms. The quantitative estimate of drug-likeness (QED) is 0.424. The molecule has 11 nitrogen and oxygen atoms in total. The summed E-state index contributed by atoms with van der Waals surface area (Å²) in [5.41, 5.74) is 1.49. The molecule has 0 bridgehead atoms. The van der Waals surface area contributed by atoms with Gasteiger partial charge in [-0.05, 0) is 44.7 Å². The van der Waals surface area contributed by atoms with Gasteiger partial charge in [0.05, 0.1) is 36.4 Å². The van der Waals surface area contributed by atoms with E-state index < -0.39 is 31.1 Å². The summed E-state index contributed by atoms with van der Waals surface area (Å²) < 4.78 is 49.7. The Labute approximate surface area is 210 Å². The van der Waals surface area contributed by atoms with Crippen LogP contribution in [-0.4, -0.2) is 59.9 Å². The van der Waals surface area contributed by atoms with Gasteiger partial charge in [0.2, 0.25) is 11.8 Å². The number of nitrogens with one attached hydrogen (secondary N) is 1. The second-order valence-electron chi connectivity index (χ2n) is 8.69. The molecule has 0 spiro atoms. The van der Waals surface area contributed by atoms with Crippen molar-refractivity contribution >= 4 is 17.7 Å². The highest BCUT2D eigenvalue weighted by Gasteiger charge is 2.29. The minimum absolute atomic E-state index is 0.0123. The minimum atomic E-state index is -4.33. The van der Waals surface area contributed by atoms with Crippen LogP contribution in [-0.2, 0) is 11.8 Å². The van der Waals surface area contributed by atoms with Gasteiger partial charge in [0.25, 0.3) is 0 Å². The summed E-state index contributed by atoms with van der Waals surface area (Å²) in [5, 5.41) is 20.5. The van der Waals surface area contributed by atoms with E-state index in [0.717, 1.165) is 12.8 Å². The third-order valence-electron chi connectivity index (χ3n) is 5.87. The number of nitrogens with zero attached hydrogens (tertiary/aromatic N) is 6. The zero-order valence-electron chi connectivity index (χ0n) is 20.2. The van der Waals surface area contributed by atoms with E-state index in [-0.39, 0.29) is 17.9 Å². The predicted octanol–water partition coefficient (Wildman–Crippen LogP) is 4.07. The van der Waals surface area contributed by atoms with Crippen LogP contribution >= 0.6 is 0 Å². The fourth-order valence-corrected chi connectivity index (χ4v) is 3.99. The van der Waals surface area contributed by atoms with Crippen molar-refractivity contribution in [2.24, 2.45) is 13.0 Å². The molecule has 1 fully saturated rings. The number of halogens is 3. The molecule has 2 N–H and O–H groups in total. The van der Waals surface area contributed by atoms with E-state index in [1.807, 2.05) is 0 Å². The van der Waals surface area contributed by atoms with Crippen LogP contribution in [0.3, 0.4) is 0 Å². The van der Waals surface area contributed by atoms with Gasteiger partial charge in [0.15, 0.2) is 11.5 Å². The first-order chi connectivity index (χ1) is 17.6. The number of hydrogen-bond donors (Lipinski definition) is 2. The first-order valence-electron chi connectivity index (χ1n) is 11.7. The SMILES string of the molecule is Cc1nc(-c2nnn(C)c2Nc2nccc(OCCC(F)(F)F)n2)ccc1O[C@H]1CCC[C@H](C(=O)O)C1. The molecule has 4 rings (SSSR count).